The Morgan fingerprint density at radius 1 is 0.482 bits per heavy atom. The summed E-state index contributed by atoms with van der Waals surface area (Å²) in [6.45, 7) is 6.40. The number of likely N-dealkylation sites (N-methyl/N-ethyl adjacent to an activating group) is 4. The van der Waals surface area contributed by atoms with Crippen LogP contribution in [0.5, 0.6) is 0 Å². The van der Waals surface area contributed by atoms with E-state index in [2.05, 4.69) is 47.9 Å². The summed E-state index contributed by atoms with van der Waals surface area (Å²) in [6.07, 6.45) is 4.69. The number of hydrogen-bond donors (Lipinski definition) is 12. The molecule has 0 saturated heterocycles. The van der Waals surface area contributed by atoms with Crippen molar-refractivity contribution >= 4 is 59.1 Å². The van der Waals surface area contributed by atoms with Crippen LogP contribution in [0.1, 0.15) is 93.3 Å². The van der Waals surface area contributed by atoms with Crippen LogP contribution in [0.15, 0.2) is 0 Å². The van der Waals surface area contributed by atoms with E-state index in [0.717, 1.165) is 12.8 Å². The third-order valence-electron chi connectivity index (χ3n) is 7.29. The molecule has 10 amide bonds. The molecule has 0 aliphatic rings. The van der Waals surface area contributed by atoms with Crippen molar-refractivity contribution < 1.29 is 49.4 Å². The third kappa shape index (κ3) is 33.2. The van der Waals surface area contributed by atoms with Crippen molar-refractivity contribution in [1.29, 1.82) is 0 Å². The van der Waals surface area contributed by atoms with Crippen LogP contribution in [-0.4, -0.2) is 125 Å². The fraction of sp³-hybridized carbons (Fsp3) is 0.706. The van der Waals surface area contributed by atoms with Gasteiger partial charge in [0.25, 0.3) is 0 Å². The standard InChI is InChI=1S/C17H31N5O5.C9H19N3O2.C8H15N3O3.H3N/c1-11(23)21-13(16(26)18-3)7-5-6-10-20-15(25)9-8-14(17(27)19-4)22-12(2)24;1-7(13)12-8(9(14)11-2)5-3-4-6-10;1-5(12)11-6(8(14)10-2)3-4-7(9)13;/h13-14H,5-10H2,1-4H3,(H,18,26)(H,19,27)(H,20,25)(H,21,23)(H,22,24);8H,3-6,10H2,1-2H3,(H,11,14)(H,12,13);6H,3-4H2,1-2H3,(H2,9,13)(H,10,14)(H,11,12);1H3/p+2. The van der Waals surface area contributed by atoms with Gasteiger partial charge in [-0.25, -0.2) is 0 Å². The highest BCUT2D eigenvalue weighted by Crippen LogP contribution is 2.03. The summed E-state index contributed by atoms with van der Waals surface area (Å²) >= 11 is 0. The van der Waals surface area contributed by atoms with E-state index >= 15 is 0 Å². The van der Waals surface area contributed by atoms with Crippen LogP contribution in [-0.2, 0) is 47.9 Å². The van der Waals surface area contributed by atoms with E-state index in [1.807, 2.05) is 0 Å². The van der Waals surface area contributed by atoms with E-state index in [4.69, 9.17) is 11.5 Å². The Kier molecular flexibility index (Phi) is 36.2. The number of unbranched alkanes of at least 4 members (excludes halogenated alkanes) is 2. The van der Waals surface area contributed by atoms with Crippen LogP contribution in [0.4, 0.5) is 0 Å². The smallest absolute Gasteiger partial charge is 0.370 e. The molecule has 0 aromatic rings. The maximum absolute atomic E-state index is 11.9. The Hall–Kier alpha value is -5.38. The van der Waals surface area contributed by atoms with Gasteiger partial charge in [-0.1, -0.05) is 0 Å². The molecular weight excluding hydrogens is 736 g/mol. The summed E-state index contributed by atoms with van der Waals surface area (Å²) in [6, 6.07) is -2.45. The topological polar surface area (TPSA) is 368 Å². The molecule has 56 heavy (non-hydrogen) atoms. The Bertz CT molecular complexity index is 1260. The SMILES string of the molecule is CNC(=O)C(CCC(N)=O)NC(C)=O.CNC(=O)C(CCCCN)NC(C)=O.CNC(=O)C(CCCCNC(=O)CCC(NC(C)=O)C(=O)NC)NC(C)=O.[H+].[NH4+]. The molecule has 0 radical (unpaired) electrons. The Balaban J connectivity index is -0.000000255. The molecule has 22 nitrogen and oxygen atoms in total. The molecule has 17 N–H and O–H groups in total. The Morgan fingerprint density at radius 2 is 0.786 bits per heavy atom. The first-order valence-corrected chi connectivity index (χ1v) is 18.0. The minimum atomic E-state index is -0.746. The number of carbonyl (C=O) groups excluding carboxylic acids is 10. The highest BCUT2D eigenvalue weighted by Gasteiger charge is 2.21. The van der Waals surface area contributed by atoms with E-state index in [9.17, 15) is 47.9 Å². The summed E-state index contributed by atoms with van der Waals surface area (Å²) in [4.78, 5) is 112. The lowest BCUT2D eigenvalue weighted by molar-refractivity contribution is -0.128. The summed E-state index contributed by atoms with van der Waals surface area (Å²) in [5, 5.41) is 22.7. The largest absolute Gasteiger partial charge is 1.00 e. The number of hydrogen-bond acceptors (Lipinski definition) is 11. The monoisotopic (exact) mass is 807 g/mol. The molecule has 324 valence electrons. The summed E-state index contributed by atoms with van der Waals surface area (Å²) in [7, 11) is 5.98. The van der Waals surface area contributed by atoms with Crippen LogP contribution in [0.3, 0.4) is 0 Å². The highest BCUT2D eigenvalue weighted by molar-refractivity contribution is 5.89. The Labute approximate surface area is 331 Å². The number of quaternary nitrogens is 1. The zero-order chi connectivity index (χ0) is 42.9. The summed E-state index contributed by atoms with van der Waals surface area (Å²) in [5.41, 5.74) is 10.3. The fourth-order valence-corrected chi connectivity index (χ4v) is 4.60. The van der Waals surface area contributed by atoms with E-state index in [1.165, 1.54) is 48.8 Å². The average Bonchev–Trinajstić information content (AvgIpc) is 3.12. The van der Waals surface area contributed by atoms with Gasteiger partial charge in [0, 0.05) is 75.3 Å². The van der Waals surface area contributed by atoms with Gasteiger partial charge >= 0.3 is 1.43 Å². The molecule has 0 aliphatic carbocycles. The summed E-state index contributed by atoms with van der Waals surface area (Å²) in [5.74, 6) is -2.93. The molecule has 0 bridgehead atoms. The normalized spacial score (nSPS) is 11.8. The van der Waals surface area contributed by atoms with Crippen molar-refractivity contribution in [2.75, 3.05) is 41.3 Å². The Morgan fingerprint density at radius 3 is 1.07 bits per heavy atom. The van der Waals surface area contributed by atoms with Gasteiger partial charge in [0.1, 0.15) is 24.2 Å². The second-order valence-corrected chi connectivity index (χ2v) is 12.1. The van der Waals surface area contributed by atoms with E-state index in [0.29, 0.717) is 38.8 Å². The van der Waals surface area contributed by atoms with E-state index in [1.54, 1.807) is 7.05 Å². The number of primary amides is 1. The number of nitrogens with one attached hydrogen (secondary N) is 9. The second kappa shape index (κ2) is 35.3. The molecule has 0 aromatic carbocycles. The quantitative estimate of drug-likeness (QED) is 0.0459. The molecule has 4 atom stereocenters. The van der Waals surface area contributed by atoms with Crippen LogP contribution in [0, 0.1) is 0 Å². The van der Waals surface area contributed by atoms with Crippen molar-refractivity contribution in [2.24, 2.45) is 11.5 Å². The van der Waals surface area contributed by atoms with Crippen LogP contribution >= 0.6 is 0 Å². The van der Waals surface area contributed by atoms with Gasteiger partial charge in [-0.2, -0.15) is 0 Å². The first-order chi connectivity index (χ1) is 25.8. The highest BCUT2D eigenvalue weighted by atomic mass is 16.2. The van der Waals surface area contributed by atoms with Crippen molar-refractivity contribution in [3.8, 4) is 0 Å². The predicted octanol–water partition coefficient (Wildman–Crippen LogP) is -3.09. The zero-order valence-electron chi connectivity index (χ0n) is 35.5. The summed E-state index contributed by atoms with van der Waals surface area (Å²) < 4.78 is 0. The first kappa shape index (κ1) is 57.3. The molecule has 0 rings (SSSR count). The fourth-order valence-electron chi connectivity index (χ4n) is 4.60. The maximum atomic E-state index is 11.9. The molecule has 0 heterocycles. The van der Waals surface area contributed by atoms with Gasteiger partial charge in [0.15, 0.2) is 0 Å². The number of amides is 10. The van der Waals surface area contributed by atoms with Crippen molar-refractivity contribution in [3.05, 3.63) is 0 Å². The van der Waals surface area contributed by atoms with E-state index < -0.39 is 30.1 Å². The van der Waals surface area contributed by atoms with Gasteiger partial charge in [-0.05, 0) is 57.9 Å². The first-order valence-electron chi connectivity index (χ1n) is 18.0. The van der Waals surface area contributed by atoms with Gasteiger partial charge < -0.3 is 65.5 Å². The van der Waals surface area contributed by atoms with Gasteiger partial charge in [-0.3, -0.25) is 47.9 Å². The number of nitrogens with two attached hydrogens (primary N) is 2. The number of rotatable bonds is 23. The van der Waals surface area contributed by atoms with Crippen LogP contribution in [0.2, 0.25) is 0 Å². The molecule has 0 spiro atoms. The zero-order valence-corrected chi connectivity index (χ0v) is 34.5. The van der Waals surface area contributed by atoms with Gasteiger partial charge in [-0.15, -0.1) is 0 Å². The van der Waals surface area contributed by atoms with Crippen molar-refractivity contribution in [3.63, 3.8) is 0 Å². The molecule has 4 unspecified atom stereocenters. The minimum Gasteiger partial charge on any atom is -0.370 e. The van der Waals surface area contributed by atoms with Crippen LogP contribution in [0.25, 0.3) is 0 Å². The minimum absolute atomic E-state index is 0. The lowest BCUT2D eigenvalue weighted by Crippen LogP contribution is -2.45. The molecule has 0 aliphatic heterocycles. The maximum Gasteiger partial charge on any atom is 1.00 e. The predicted molar refractivity (Wildman–Crippen MR) is 211 cm³/mol. The van der Waals surface area contributed by atoms with Gasteiger partial charge in [0.2, 0.25) is 59.1 Å². The molecular formula is C34H70N12O10+2. The van der Waals surface area contributed by atoms with Crippen molar-refractivity contribution in [2.45, 2.75) is 116 Å². The lowest BCUT2D eigenvalue weighted by Gasteiger charge is -2.17. The second-order valence-electron chi connectivity index (χ2n) is 12.1. The molecule has 0 fully saturated rings. The average molecular weight is 807 g/mol. The van der Waals surface area contributed by atoms with E-state index in [-0.39, 0.29) is 86.4 Å². The molecule has 0 aromatic heterocycles. The molecule has 0 saturated carbocycles. The van der Waals surface area contributed by atoms with Gasteiger partial charge in [0.05, 0.1) is 0 Å². The lowest BCUT2D eigenvalue weighted by atomic mass is 10.1. The van der Waals surface area contributed by atoms with Crippen molar-refractivity contribution in [1.82, 2.24) is 54.0 Å². The third-order valence-corrected chi connectivity index (χ3v) is 7.29. The number of carbonyl (C=O) groups is 10. The van der Waals surface area contributed by atoms with Crippen LogP contribution < -0.4 is 65.5 Å². The molecule has 22 heteroatoms.